The second-order valence-electron chi connectivity index (χ2n) is 8.43. The predicted octanol–water partition coefficient (Wildman–Crippen LogP) is 3.47. The minimum Gasteiger partial charge on any atom is -0.353 e. The van der Waals surface area contributed by atoms with E-state index in [1.807, 2.05) is 11.4 Å². The number of halogens is 1. The number of hydrogen-bond donors (Lipinski definition) is 1. The molecule has 33 heavy (non-hydrogen) atoms. The van der Waals surface area contributed by atoms with Crippen molar-refractivity contribution in [2.24, 2.45) is 0 Å². The maximum absolute atomic E-state index is 13.5. The van der Waals surface area contributed by atoms with Crippen LogP contribution in [-0.4, -0.2) is 31.8 Å². The number of nitrogens with one attached hydrogen (secondary N) is 1. The maximum Gasteiger partial charge on any atom is 0.264 e. The normalized spacial score (nSPS) is 15.2. The Balaban J connectivity index is 1.28. The lowest BCUT2D eigenvalue weighted by Crippen LogP contribution is -2.43. The minimum absolute atomic E-state index is 0.0596. The average molecular weight is 466 g/mol. The Morgan fingerprint density at radius 1 is 1.21 bits per heavy atom. The number of benzene rings is 1. The summed E-state index contributed by atoms with van der Waals surface area (Å²) in [5.74, 6) is -0.285. The molecule has 0 spiro atoms. The van der Waals surface area contributed by atoms with Gasteiger partial charge in [0, 0.05) is 11.4 Å². The summed E-state index contributed by atoms with van der Waals surface area (Å²) in [6.45, 7) is 1.04. The Morgan fingerprint density at radius 2 is 2.06 bits per heavy atom. The molecule has 1 saturated carbocycles. The molecule has 1 aromatic carbocycles. The van der Waals surface area contributed by atoms with E-state index in [1.165, 1.54) is 29.2 Å². The van der Waals surface area contributed by atoms with Gasteiger partial charge in [0.25, 0.3) is 5.56 Å². The van der Waals surface area contributed by atoms with Crippen molar-refractivity contribution in [1.82, 2.24) is 24.6 Å². The summed E-state index contributed by atoms with van der Waals surface area (Å²) >= 11 is 1.64. The quantitative estimate of drug-likeness (QED) is 0.453. The smallest absolute Gasteiger partial charge is 0.264 e. The highest BCUT2D eigenvalue weighted by Crippen LogP contribution is 2.43. The number of nitrogens with zero attached hydrogens (tertiary/aromatic N) is 4. The molecule has 4 aromatic rings. The highest BCUT2D eigenvalue weighted by atomic mass is 32.1. The Morgan fingerprint density at radius 3 is 2.82 bits per heavy atom. The van der Waals surface area contributed by atoms with Crippen LogP contribution in [0.5, 0.6) is 0 Å². The molecule has 9 heteroatoms. The van der Waals surface area contributed by atoms with Gasteiger partial charge >= 0.3 is 0 Å². The van der Waals surface area contributed by atoms with Crippen LogP contribution in [0, 0.1) is 5.82 Å². The number of aromatic nitrogens is 4. The SMILES string of the molecule is O=C(NCCn1ncc2c(=O)n(Cc3cccc(F)c3)cnc21)C1(c2cccs2)CCCC1. The van der Waals surface area contributed by atoms with Crippen molar-refractivity contribution in [3.63, 3.8) is 0 Å². The van der Waals surface area contributed by atoms with Gasteiger partial charge in [0.2, 0.25) is 5.91 Å². The summed E-state index contributed by atoms with van der Waals surface area (Å²) in [5, 5.41) is 9.81. The third kappa shape index (κ3) is 4.08. The van der Waals surface area contributed by atoms with Gasteiger partial charge in [-0.05, 0) is 42.0 Å². The van der Waals surface area contributed by atoms with Crippen LogP contribution < -0.4 is 10.9 Å². The second-order valence-corrected chi connectivity index (χ2v) is 9.38. The van der Waals surface area contributed by atoms with Gasteiger partial charge in [0.05, 0.1) is 24.7 Å². The number of fused-ring (bicyclic) bond motifs is 1. The average Bonchev–Trinajstić information content (AvgIpc) is 3.57. The van der Waals surface area contributed by atoms with Crippen molar-refractivity contribution in [2.45, 2.75) is 44.2 Å². The number of hydrogen-bond acceptors (Lipinski definition) is 5. The van der Waals surface area contributed by atoms with Crippen molar-refractivity contribution in [3.8, 4) is 0 Å². The number of rotatable bonds is 7. The molecule has 1 fully saturated rings. The van der Waals surface area contributed by atoms with Crippen molar-refractivity contribution >= 4 is 28.3 Å². The zero-order valence-electron chi connectivity index (χ0n) is 18.0. The molecular weight excluding hydrogens is 441 g/mol. The van der Waals surface area contributed by atoms with E-state index in [1.54, 1.807) is 28.2 Å². The number of carbonyl (C=O) groups is 1. The van der Waals surface area contributed by atoms with Crippen molar-refractivity contribution in [2.75, 3.05) is 6.54 Å². The molecule has 170 valence electrons. The van der Waals surface area contributed by atoms with Gasteiger partial charge in [0.15, 0.2) is 5.65 Å². The van der Waals surface area contributed by atoms with E-state index in [4.69, 9.17) is 0 Å². The van der Waals surface area contributed by atoms with Crippen LogP contribution in [0.3, 0.4) is 0 Å². The van der Waals surface area contributed by atoms with E-state index in [0.29, 0.717) is 29.7 Å². The van der Waals surface area contributed by atoms with Crippen LogP contribution in [0.4, 0.5) is 4.39 Å². The standard InChI is InChI=1S/C24H24FN5O2S/c25-18-6-3-5-17(13-18)15-29-16-27-21-19(22(29)31)14-28-30(21)11-10-26-23(32)24(8-1-2-9-24)20-7-4-12-33-20/h3-7,12-14,16H,1-2,8-11,15H2,(H,26,32). The molecule has 0 atom stereocenters. The van der Waals surface area contributed by atoms with Crippen LogP contribution in [0.15, 0.2) is 59.1 Å². The van der Waals surface area contributed by atoms with Crippen LogP contribution in [0.1, 0.15) is 36.1 Å². The Kier molecular flexibility index (Phi) is 5.80. The third-order valence-corrected chi connectivity index (χ3v) is 7.43. The highest BCUT2D eigenvalue weighted by Gasteiger charge is 2.43. The Bertz CT molecular complexity index is 1340. The summed E-state index contributed by atoms with van der Waals surface area (Å²) in [7, 11) is 0. The lowest BCUT2D eigenvalue weighted by molar-refractivity contribution is -0.126. The zero-order chi connectivity index (χ0) is 22.8. The molecular formula is C24H24FN5O2S. The van der Waals surface area contributed by atoms with Crippen LogP contribution in [-0.2, 0) is 23.3 Å². The molecule has 1 aliphatic rings. The summed E-state index contributed by atoms with van der Waals surface area (Å²) in [4.78, 5) is 31.5. The number of thiophene rings is 1. The Hall–Kier alpha value is -3.33. The maximum atomic E-state index is 13.5. The molecule has 0 bridgehead atoms. The fourth-order valence-corrected chi connectivity index (χ4v) is 5.65. The molecule has 0 aliphatic heterocycles. The van der Waals surface area contributed by atoms with Crippen molar-refractivity contribution in [3.05, 3.63) is 80.9 Å². The third-order valence-electron chi connectivity index (χ3n) is 6.36. The first-order valence-electron chi connectivity index (χ1n) is 11.0. The van der Waals surface area contributed by atoms with Crippen LogP contribution in [0.25, 0.3) is 11.0 Å². The lowest BCUT2D eigenvalue weighted by atomic mass is 9.83. The second kappa shape index (κ2) is 8.90. The Labute approximate surface area is 193 Å². The number of amides is 1. The van der Waals surface area contributed by atoms with Gasteiger partial charge in [-0.1, -0.05) is 31.0 Å². The van der Waals surface area contributed by atoms with E-state index in [9.17, 15) is 14.0 Å². The highest BCUT2D eigenvalue weighted by molar-refractivity contribution is 7.10. The molecule has 3 aromatic heterocycles. The summed E-state index contributed by atoms with van der Waals surface area (Å²) in [5.41, 5.74) is 0.490. The van der Waals surface area contributed by atoms with Gasteiger partial charge in [-0.25, -0.2) is 14.1 Å². The molecule has 1 amide bonds. The first kappa shape index (κ1) is 21.5. The molecule has 1 N–H and O–H groups in total. The van der Waals surface area contributed by atoms with E-state index in [0.717, 1.165) is 30.6 Å². The van der Waals surface area contributed by atoms with E-state index in [-0.39, 0.29) is 23.8 Å². The first-order valence-corrected chi connectivity index (χ1v) is 11.9. The topological polar surface area (TPSA) is 81.8 Å². The van der Waals surface area contributed by atoms with E-state index >= 15 is 0 Å². The first-order chi connectivity index (χ1) is 16.1. The van der Waals surface area contributed by atoms with Gasteiger partial charge in [-0.2, -0.15) is 5.10 Å². The minimum atomic E-state index is -0.427. The monoisotopic (exact) mass is 465 g/mol. The molecule has 7 nitrogen and oxygen atoms in total. The molecule has 5 rings (SSSR count). The van der Waals surface area contributed by atoms with E-state index < -0.39 is 5.41 Å². The van der Waals surface area contributed by atoms with Gasteiger partial charge in [0.1, 0.15) is 17.5 Å². The van der Waals surface area contributed by atoms with Gasteiger partial charge < -0.3 is 5.32 Å². The van der Waals surface area contributed by atoms with Gasteiger partial charge in [-0.15, -0.1) is 11.3 Å². The van der Waals surface area contributed by atoms with E-state index in [2.05, 4.69) is 21.5 Å². The van der Waals surface area contributed by atoms with Crippen molar-refractivity contribution < 1.29 is 9.18 Å². The van der Waals surface area contributed by atoms with Crippen molar-refractivity contribution in [1.29, 1.82) is 0 Å². The predicted molar refractivity (Wildman–Crippen MR) is 125 cm³/mol. The fraction of sp³-hybridized carbons (Fsp3) is 0.333. The summed E-state index contributed by atoms with van der Waals surface area (Å²) < 4.78 is 16.5. The summed E-state index contributed by atoms with van der Waals surface area (Å²) in [6.07, 6.45) is 6.81. The van der Waals surface area contributed by atoms with Crippen LogP contribution >= 0.6 is 11.3 Å². The lowest BCUT2D eigenvalue weighted by Gasteiger charge is -2.26. The fourth-order valence-electron chi connectivity index (χ4n) is 4.67. The molecule has 3 heterocycles. The summed E-state index contributed by atoms with van der Waals surface area (Å²) in [6, 6.07) is 10.2. The molecule has 0 unspecified atom stereocenters. The molecule has 0 saturated heterocycles. The zero-order valence-corrected chi connectivity index (χ0v) is 18.9. The number of carbonyl (C=O) groups excluding carboxylic acids is 1. The van der Waals surface area contributed by atoms with Crippen LogP contribution in [0.2, 0.25) is 0 Å². The van der Waals surface area contributed by atoms with Gasteiger partial charge in [-0.3, -0.25) is 14.2 Å². The molecule has 0 radical (unpaired) electrons. The molecule has 1 aliphatic carbocycles. The largest absolute Gasteiger partial charge is 0.353 e.